The highest BCUT2D eigenvalue weighted by atomic mass is 16.7. The van der Waals surface area contributed by atoms with Crippen molar-refractivity contribution in [2.24, 2.45) is 0 Å². The van der Waals surface area contributed by atoms with Crippen LogP contribution in [0, 0.1) is 0 Å². The van der Waals surface area contributed by atoms with Crippen LogP contribution in [0.15, 0.2) is 30.3 Å². The Morgan fingerprint density at radius 3 is 2.17 bits per heavy atom. The van der Waals surface area contributed by atoms with Gasteiger partial charge in [-0.3, -0.25) is 14.5 Å². The quantitative estimate of drug-likeness (QED) is 0.646. The Labute approximate surface area is 178 Å². The topological polar surface area (TPSA) is 97.4 Å². The van der Waals surface area contributed by atoms with Gasteiger partial charge in [-0.05, 0) is 40.2 Å². The first kappa shape index (κ1) is 25.2. The van der Waals surface area contributed by atoms with Gasteiger partial charge in [0.25, 0.3) is 5.91 Å². The fraction of sp³-hybridized carbons (Fsp3) is 0.571. The summed E-state index contributed by atoms with van der Waals surface area (Å²) in [6.45, 7) is 8.51. The van der Waals surface area contributed by atoms with Crippen molar-refractivity contribution in [2.75, 3.05) is 27.2 Å². The van der Waals surface area contributed by atoms with Crippen LogP contribution in [0.3, 0.4) is 0 Å². The Morgan fingerprint density at radius 2 is 1.63 bits per heavy atom. The van der Waals surface area contributed by atoms with Crippen LogP contribution >= 0.6 is 0 Å². The van der Waals surface area contributed by atoms with E-state index in [9.17, 15) is 14.4 Å². The van der Waals surface area contributed by atoms with E-state index in [1.54, 1.807) is 34.6 Å². The Morgan fingerprint density at radius 1 is 1.03 bits per heavy atom. The standard InChI is InChI=1S/C21H33N3O6/c1-20(2,3)30-18(26)22-21(4,5)15-24(13-17(25)23(6)28-7)19(27)29-14-16-11-9-8-10-12-16/h8-12H,13-15H2,1-7H3,(H,22,26). The first-order valence-electron chi connectivity index (χ1n) is 9.60. The molecule has 9 nitrogen and oxygen atoms in total. The monoisotopic (exact) mass is 423 g/mol. The lowest BCUT2D eigenvalue weighted by atomic mass is 10.1. The van der Waals surface area contributed by atoms with Crippen molar-refractivity contribution in [3.63, 3.8) is 0 Å². The molecule has 1 rings (SSSR count). The van der Waals surface area contributed by atoms with Gasteiger partial charge in [-0.25, -0.2) is 14.7 Å². The SMILES string of the molecule is CON(C)C(=O)CN(CC(C)(C)NC(=O)OC(C)(C)C)C(=O)OCc1ccccc1. The van der Waals surface area contributed by atoms with Crippen LogP contribution in [0.4, 0.5) is 9.59 Å². The molecule has 1 aromatic carbocycles. The predicted octanol–water partition coefficient (Wildman–Crippen LogP) is 2.95. The third kappa shape index (κ3) is 9.60. The van der Waals surface area contributed by atoms with Crippen molar-refractivity contribution < 1.29 is 28.7 Å². The number of carbonyl (C=O) groups is 3. The number of nitrogens with zero attached hydrogens (tertiary/aromatic N) is 2. The maximum Gasteiger partial charge on any atom is 0.410 e. The molecule has 1 N–H and O–H groups in total. The zero-order chi connectivity index (χ0) is 22.9. The highest BCUT2D eigenvalue weighted by Gasteiger charge is 2.31. The molecule has 3 amide bonds. The van der Waals surface area contributed by atoms with Gasteiger partial charge in [-0.2, -0.15) is 0 Å². The first-order valence-corrected chi connectivity index (χ1v) is 9.60. The number of hydrogen-bond acceptors (Lipinski definition) is 6. The molecule has 0 atom stereocenters. The van der Waals surface area contributed by atoms with Gasteiger partial charge >= 0.3 is 12.2 Å². The summed E-state index contributed by atoms with van der Waals surface area (Å²) in [7, 11) is 2.80. The van der Waals surface area contributed by atoms with Crippen molar-refractivity contribution in [2.45, 2.75) is 52.4 Å². The lowest BCUT2D eigenvalue weighted by Crippen LogP contribution is -2.55. The highest BCUT2D eigenvalue weighted by molar-refractivity contribution is 5.81. The average molecular weight is 424 g/mol. The molecular weight excluding hydrogens is 390 g/mol. The van der Waals surface area contributed by atoms with E-state index in [2.05, 4.69) is 5.32 Å². The van der Waals surface area contributed by atoms with Gasteiger partial charge in [0, 0.05) is 13.6 Å². The Hall–Kier alpha value is -2.81. The van der Waals surface area contributed by atoms with E-state index in [1.807, 2.05) is 30.3 Å². The van der Waals surface area contributed by atoms with E-state index in [1.165, 1.54) is 19.1 Å². The molecule has 0 heterocycles. The number of benzene rings is 1. The molecule has 0 aliphatic heterocycles. The minimum atomic E-state index is -0.889. The Balaban J connectivity index is 2.86. The Kier molecular flexibility index (Phi) is 9.10. The van der Waals surface area contributed by atoms with Crippen LogP contribution in [-0.2, 0) is 25.7 Å². The van der Waals surface area contributed by atoms with Crippen molar-refractivity contribution in [3.05, 3.63) is 35.9 Å². The van der Waals surface area contributed by atoms with Gasteiger partial charge < -0.3 is 14.8 Å². The second kappa shape index (κ2) is 10.8. The molecule has 0 saturated heterocycles. The predicted molar refractivity (Wildman–Crippen MR) is 111 cm³/mol. The Bertz CT molecular complexity index is 715. The molecule has 0 radical (unpaired) electrons. The smallest absolute Gasteiger partial charge is 0.410 e. The minimum Gasteiger partial charge on any atom is -0.445 e. The number of likely N-dealkylation sites (N-methyl/N-ethyl adjacent to an activating group) is 1. The summed E-state index contributed by atoms with van der Waals surface area (Å²) in [6.07, 6.45) is -1.30. The van der Waals surface area contributed by atoms with Crippen LogP contribution in [-0.4, -0.2) is 66.4 Å². The van der Waals surface area contributed by atoms with Crippen molar-refractivity contribution >= 4 is 18.1 Å². The number of carbonyl (C=O) groups excluding carboxylic acids is 3. The largest absolute Gasteiger partial charge is 0.445 e. The number of ether oxygens (including phenoxy) is 2. The maximum atomic E-state index is 12.7. The number of rotatable bonds is 8. The highest BCUT2D eigenvalue weighted by Crippen LogP contribution is 2.13. The van der Waals surface area contributed by atoms with Gasteiger partial charge in [-0.1, -0.05) is 30.3 Å². The van der Waals surface area contributed by atoms with Gasteiger partial charge in [0.1, 0.15) is 18.8 Å². The lowest BCUT2D eigenvalue weighted by Gasteiger charge is -2.33. The number of alkyl carbamates (subject to hydrolysis) is 1. The summed E-state index contributed by atoms with van der Waals surface area (Å²) >= 11 is 0. The molecule has 30 heavy (non-hydrogen) atoms. The molecule has 0 unspecified atom stereocenters. The minimum absolute atomic E-state index is 0.0170. The van der Waals surface area contributed by atoms with Crippen LogP contribution in [0.25, 0.3) is 0 Å². The second-order valence-corrected chi connectivity index (χ2v) is 8.48. The molecule has 0 spiro atoms. The summed E-state index contributed by atoms with van der Waals surface area (Å²) in [6, 6.07) is 9.20. The van der Waals surface area contributed by atoms with Gasteiger partial charge in [0.05, 0.1) is 12.6 Å². The number of hydrogen-bond donors (Lipinski definition) is 1. The van der Waals surface area contributed by atoms with E-state index >= 15 is 0 Å². The van der Waals surface area contributed by atoms with E-state index in [0.29, 0.717) is 0 Å². The van der Waals surface area contributed by atoms with Crippen LogP contribution in [0.5, 0.6) is 0 Å². The molecule has 0 aliphatic carbocycles. The zero-order valence-corrected chi connectivity index (χ0v) is 18.9. The molecule has 0 bridgehead atoms. The van der Waals surface area contributed by atoms with Crippen LogP contribution < -0.4 is 5.32 Å². The van der Waals surface area contributed by atoms with Crippen molar-refractivity contribution in [1.82, 2.24) is 15.3 Å². The van der Waals surface area contributed by atoms with Gasteiger partial charge in [-0.15, -0.1) is 0 Å². The van der Waals surface area contributed by atoms with Gasteiger partial charge in [0.2, 0.25) is 0 Å². The summed E-state index contributed by atoms with van der Waals surface area (Å²) < 4.78 is 10.6. The lowest BCUT2D eigenvalue weighted by molar-refractivity contribution is -0.169. The molecular formula is C21H33N3O6. The third-order valence-electron chi connectivity index (χ3n) is 3.84. The number of hydroxylamine groups is 2. The summed E-state index contributed by atoms with van der Waals surface area (Å²) in [5.74, 6) is -0.442. The molecule has 0 aliphatic rings. The second-order valence-electron chi connectivity index (χ2n) is 8.48. The summed E-state index contributed by atoms with van der Waals surface area (Å²) in [4.78, 5) is 43.3. The normalized spacial score (nSPS) is 11.4. The van der Waals surface area contributed by atoms with Crippen molar-refractivity contribution in [1.29, 1.82) is 0 Å². The van der Waals surface area contributed by atoms with Crippen molar-refractivity contribution in [3.8, 4) is 0 Å². The van der Waals surface area contributed by atoms with Gasteiger partial charge in [0.15, 0.2) is 0 Å². The molecule has 1 aromatic rings. The molecule has 0 saturated carbocycles. The molecule has 0 aromatic heterocycles. The van der Waals surface area contributed by atoms with E-state index in [-0.39, 0.29) is 19.7 Å². The summed E-state index contributed by atoms with van der Waals surface area (Å²) in [5, 5.41) is 3.74. The molecule has 0 fully saturated rings. The number of amides is 3. The maximum absolute atomic E-state index is 12.7. The van der Waals surface area contributed by atoms with Crippen LogP contribution in [0.2, 0.25) is 0 Å². The fourth-order valence-electron chi connectivity index (χ4n) is 2.46. The van der Waals surface area contributed by atoms with E-state index in [0.717, 1.165) is 10.6 Å². The van der Waals surface area contributed by atoms with E-state index in [4.69, 9.17) is 14.3 Å². The molecule has 9 heteroatoms. The van der Waals surface area contributed by atoms with E-state index < -0.39 is 29.2 Å². The van der Waals surface area contributed by atoms with Crippen LogP contribution in [0.1, 0.15) is 40.2 Å². The average Bonchev–Trinajstić information content (AvgIpc) is 2.63. The molecule has 168 valence electrons. The third-order valence-corrected chi connectivity index (χ3v) is 3.84. The zero-order valence-electron chi connectivity index (χ0n) is 18.9. The summed E-state index contributed by atoms with van der Waals surface area (Å²) in [5.41, 5.74) is -0.733. The number of nitrogens with one attached hydrogen (secondary N) is 1. The fourth-order valence-corrected chi connectivity index (χ4v) is 2.46. The first-order chi connectivity index (χ1) is 13.8.